The molecule has 1 aliphatic heterocycles. The first-order valence-electron chi connectivity index (χ1n) is 9.59. The minimum Gasteiger partial charge on any atom is -0.333 e. The molecule has 2 aromatic rings. The van der Waals surface area contributed by atoms with E-state index in [9.17, 15) is 27.6 Å². The molecule has 0 saturated carbocycles. The number of amides is 2. The van der Waals surface area contributed by atoms with Gasteiger partial charge in [-0.15, -0.1) is 0 Å². The lowest BCUT2D eigenvalue weighted by Gasteiger charge is -2.37. The summed E-state index contributed by atoms with van der Waals surface area (Å²) in [5, 5.41) is 13.4. The van der Waals surface area contributed by atoms with Crippen LogP contribution in [0.5, 0.6) is 0 Å². The van der Waals surface area contributed by atoms with Gasteiger partial charge in [0.05, 0.1) is 10.3 Å². The average Bonchev–Trinajstić information content (AvgIpc) is 2.94. The maximum atomic E-state index is 14.0. The number of anilines is 1. The Morgan fingerprint density at radius 3 is 2.59 bits per heavy atom. The Labute approximate surface area is 192 Å². The van der Waals surface area contributed by atoms with E-state index in [1.807, 2.05) is 0 Å². The monoisotopic (exact) mass is 487 g/mol. The minimum atomic E-state index is -4.57. The van der Waals surface area contributed by atoms with E-state index in [2.05, 4.69) is 5.32 Å². The smallest absolute Gasteiger partial charge is 0.333 e. The molecule has 0 radical (unpaired) electrons. The molecule has 0 aromatic heterocycles. The molecule has 11 heteroatoms. The summed E-state index contributed by atoms with van der Waals surface area (Å²) in [7, 11) is 0. The summed E-state index contributed by atoms with van der Waals surface area (Å²) >= 11 is 6.68. The van der Waals surface area contributed by atoms with E-state index >= 15 is 0 Å². The lowest BCUT2D eigenvalue weighted by molar-refractivity contribution is -0.137. The first-order chi connectivity index (χ1) is 14.9. The fraction of sp³-hybridized carbons (Fsp3) is 0.333. The number of nitrogens with zero attached hydrogens (tertiary/aromatic N) is 2. The van der Waals surface area contributed by atoms with Crippen molar-refractivity contribution in [3.05, 3.63) is 65.5 Å². The molecule has 32 heavy (non-hydrogen) atoms. The second-order valence-corrected chi connectivity index (χ2v) is 10.0. The van der Waals surface area contributed by atoms with Crippen LogP contribution in [0, 0.1) is 5.82 Å². The Morgan fingerprint density at radius 2 is 1.94 bits per heavy atom. The molecule has 3 rings (SSSR count). The number of hydroxylamine groups is 2. The van der Waals surface area contributed by atoms with Crippen LogP contribution in [0.3, 0.4) is 0 Å². The Hall–Kier alpha value is -2.37. The van der Waals surface area contributed by atoms with Crippen molar-refractivity contribution in [1.29, 1.82) is 0 Å². The second-order valence-electron chi connectivity index (χ2n) is 7.73. The van der Waals surface area contributed by atoms with Crippen molar-refractivity contribution in [2.24, 2.45) is 0 Å². The number of rotatable bonds is 5. The number of hydrogen-bond acceptors (Lipinski definition) is 4. The minimum absolute atomic E-state index is 0.118. The van der Waals surface area contributed by atoms with E-state index in [0.717, 1.165) is 18.2 Å². The number of benzene rings is 2. The number of thioether (sulfide) groups is 1. The van der Waals surface area contributed by atoms with Crippen molar-refractivity contribution in [1.82, 2.24) is 9.96 Å². The molecule has 1 heterocycles. The highest BCUT2D eigenvalue weighted by molar-refractivity contribution is 8.24. The van der Waals surface area contributed by atoms with E-state index in [1.165, 1.54) is 23.9 Å². The number of halogens is 4. The van der Waals surface area contributed by atoms with Crippen LogP contribution in [0.4, 0.5) is 28.0 Å². The summed E-state index contributed by atoms with van der Waals surface area (Å²) in [6.07, 6.45) is -5.21. The van der Waals surface area contributed by atoms with E-state index in [4.69, 9.17) is 12.2 Å². The van der Waals surface area contributed by atoms with Gasteiger partial charge in [-0.3, -0.25) is 5.21 Å². The van der Waals surface area contributed by atoms with Gasteiger partial charge in [0.2, 0.25) is 0 Å². The summed E-state index contributed by atoms with van der Waals surface area (Å²) in [5.41, 5.74) is -0.585. The van der Waals surface area contributed by atoms with Gasteiger partial charge in [-0.25, -0.2) is 9.18 Å². The zero-order chi connectivity index (χ0) is 23.7. The highest BCUT2D eigenvalue weighted by Gasteiger charge is 2.49. The first-order valence-corrected chi connectivity index (χ1v) is 10.8. The number of carbonyl (C=O) groups is 1. The third-order valence-corrected chi connectivity index (χ3v) is 6.59. The number of carbonyl (C=O) groups excluding carboxylic acids is 1. The molecule has 1 atom stereocenters. The standard InChI is InChI=1S/C21H21F4N3O2S2/c1-20(2)17(27(19(31)32-20)11-10-13-6-3-4-9-16(13)22)28(30)18(29)26-15-8-5-7-14(12-15)21(23,24)25/h3-9,12,17,30H,10-11H2,1-2H3,(H,26,29)/t17-/m1/s1. The molecule has 0 unspecified atom stereocenters. The molecule has 0 bridgehead atoms. The Morgan fingerprint density at radius 1 is 1.25 bits per heavy atom. The Balaban J connectivity index is 1.77. The molecule has 2 N–H and O–H groups in total. The van der Waals surface area contributed by atoms with Crippen LogP contribution in [0.15, 0.2) is 48.5 Å². The van der Waals surface area contributed by atoms with Crippen LogP contribution in [-0.4, -0.2) is 43.0 Å². The van der Waals surface area contributed by atoms with Crippen molar-refractivity contribution >= 4 is 40.0 Å². The zero-order valence-electron chi connectivity index (χ0n) is 17.2. The first kappa shape index (κ1) is 24.3. The summed E-state index contributed by atoms with van der Waals surface area (Å²) in [6.45, 7) is 3.78. The number of urea groups is 1. The van der Waals surface area contributed by atoms with E-state index in [0.29, 0.717) is 14.9 Å². The molecule has 1 saturated heterocycles. The SMILES string of the molecule is CC1(C)SC(=S)N(CCc2ccccc2F)[C@@H]1N(O)C(=O)Nc1cccc(C(F)(F)F)c1. The fourth-order valence-electron chi connectivity index (χ4n) is 3.46. The van der Waals surface area contributed by atoms with E-state index in [1.54, 1.807) is 36.9 Å². The molecule has 172 valence electrons. The molecular formula is C21H21F4N3O2S2. The number of nitrogens with one attached hydrogen (secondary N) is 1. The number of alkyl halides is 3. The predicted octanol–water partition coefficient (Wildman–Crippen LogP) is 5.75. The number of thiocarbonyl (C=S) groups is 1. The summed E-state index contributed by atoms with van der Waals surface area (Å²) in [6, 6.07) is 9.36. The van der Waals surface area contributed by atoms with Crippen molar-refractivity contribution in [3.63, 3.8) is 0 Å². The lowest BCUT2D eigenvalue weighted by atomic mass is 10.1. The third-order valence-electron chi connectivity index (χ3n) is 4.96. The normalized spacial score (nSPS) is 18.0. The molecule has 1 fully saturated rings. The number of hydrogen-bond donors (Lipinski definition) is 2. The van der Waals surface area contributed by atoms with Crippen LogP contribution in [0.1, 0.15) is 25.0 Å². The molecule has 0 aliphatic carbocycles. The molecular weight excluding hydrogens is 466 g/mol. The lowest BCUT2D eigenvalue weighted by Crippen LogP contribution is -2.55. The zero-order valence-corrected chi connectivity index (χ0v) is 18.8. The third kappa shape index (κ3) is 5.33. The summed E-state index contributed by atoms with van der Waals surface area (Å²) < 4.78 is 52.5. The van der Waals surface area contributed by atoms with Gasteiger partial charge in [-0.1, -0.05) is 48.2 Å². The molecule has 1 aliphatic rings. The van der Waals surface area contributed by atoms with Crippen LogP contribution in [-0.2, 0) is 12.6 Å². The highest BCUT2D eigenvalue weighted by atomic mass is 32.2. The Kier molecular flexibility index (Phi) is 7.01. The predicted molar refractivity (Wildman–Crippen MR) is 119 cm³/mol. The fourth-order valence-corrected chi connectivity index (χ4v) is 5.39. The quantitative estimate of drug-likeness (QED) is 0.244. The van der Waals surface area contributed by atoms with Gasteiger partial charge in [-0.05, 0) is 50.1 Å². The molecule has 0 spiro atoms. The topological polar surface area (TPSA) is 55.8 Å². The highest BCUT2D eigenvalue weighted by Crippen LogP contribution is 2.42. The maximum absolute atomic E-state index is 14.0. The van der Waals surface area contributed by atoms with Gasteiger partial charge in [-0.2, -0.15) is 18.2 Å². The van der Waals surface area contributed by atoms with Crippen LogP contribution < -0.4 is 5.32 Å². The van der Waals surface area contributed by atoms with Gasteiger partial charge in [0.1, 0.15) is 16.3 Å². The van der Waals surface area contributed by atoms with Crippen molar-refractivity contribution in [2.75, 3.05) is 11.9 Å². The maximum Gasteiger partial charge on any atom is 0.416 e. The van der Waals surface area contributed by atoms with E-state index in [-0.39, 0.29) is 24.5 Å². The van der Waals surface area contributed by atoms with Gasteiger partial charge in [0.25, 0.3) is 0 Å². The van der Waals surface area contributed by atoms with E-state index < -0.39 is 28.7 Å². The van der Waals surface area contributed by atoms with Crippen LogP contribution in [0.2, 0.25) is 0 Å². The summed E-state index contributed by atoms with van der Waals surface area (Å²) in [4.78, 5) is 14.3. The van der Waals surface area contributed by atoms with Crippen molar-refractivity contribution < 1.29 is 27.6 Å². The van der Waals surface area contributed by atoms with Crippen molar-refractivity contribution in [3.8, 4) is 0 Å². The van der Waals surface area contributed by atoms with Crippen LogP contribution in [0.25, 0.3) is 0 Å². The second kappa shape index (κ2) is 9.24. The average molecular weight is 488 g/mol. The van der Waals surface area contributed by atoms with Gasteiger partial charge >= 0.3 is 12.2 Å². The molecule has 5 nitrogen and oxygen atoms in total. The van der Waals surface area contributed by atoms with Gasteiger partial charge < -0.3 is 10.2 Å². The Bertz CT molecular complexity index is 1020. The van der Waals surface area contributed by atoms with Crippen LogP contribution >= 0.6 is 24.0 Å². The summed E-state index contributed by atoms with van der Waals surface area (Å²) in [5.74, 6) is -0.371. The molecule has 2 amide bonds. The largest absolute Gasteiger partial charge is 0.416 e. The molecule has 2 aromatic carbocycles. The van der Waals surface area contributed by atoms with Gasteiger partial charge in [0.15, 0.2) is 0 Å². The van der Waals surface area contributed by atoms with Gasteiger partial charge in [0, 0.05) is 12.2 Å². The van der Waals surface area contributed by atoms with Crippen molar-refractivity contribution in [2.45, 2.75) is 37.4 Å².